The van der Waals surface area contributed by atoms with Crippen molar-refractivity contribution in [1.82, 2.24) is 0 Å². The molecule has 0 aliphatic carbocycles. The van der Waals surface area contributed by atoms with E-state index in [2.05, 4.69) is 19.2 Å². The molecule has 5 heteroatoms. The summed E-state index contributed by atoms with van der Waals surface area (Å²) in [4.78, 5) is 24.7. The van der Waals surface area contributed by atoms with Gasteiger partial charge in [0.2, 0.25) is 0 Å². The van der Waals surface area contributed by atoms with E-state index >= 15 is 0 Å². The van der Waals surface area contributed by atoms with Crippen molar-refractivity contribution in [3.8, 4) is 11.5 Å². The molecule has 0 saturated carbocycles. The molecular weight excluding hydrogens is 378 g/mol. The summed E-state index contributed by atoms with van der Waals surface area (Å²) in [6.45, 7) is 3.84. The molecule has 3 aromatic carbocycles. The van der Waals surface area contributed by atoms with E-state index < -0.39 is 5.97 Å². The van der Waals surface area contributed by atoms with Crippen LogP contribution < -0.4 is 10.1 Å². The number of hydrogen-bond acceptors (Lipinski definition) is 4. The van der Waals surface area contributed by atoms with Gasteiger partial charge < -0.3 is 14.8 Å². The fourth-order valence-corrected chi connectivity index (χ4v) is 2.97. The van der Waals surface area contributed by atoms with Crippen LogP contribution in [-0.2, 0) is 9.53 Å². The summed E-state index contributed by atoms with van der Waals surface area (Å²) in [6.07, 6.45) is 0.962. The predicted octanol–water partition coefficient (Wildman–Crippen LogP) is 5.79. The van der Waals surface area contributed by atoms with Crippen LogP contribution in [-0.4, -0.2) is 18.5 Å². The average molecular weight is 403 g/mol. The van der Waals surface area contributed by atoms with E-state index in [0.717, 1.165) is 17.7 Å². The summed E-state index contributed by atoms with van der Waals surface area (Å²) in [6, 6.07) is 23.6. The standard InChI is InChI=1S/C25H25NO4/c1-3-18(2)22-14-7-8-15-23(22)26-24(27)17-29-25(28)19-10-9-13-21(16-19)30-20-11-5-4-6-12-20/h4-16,18H,3,17H2,1-2H3,(H,26,27)/t18-/m1/s1. The molecule has 1 amide bonds. The number of anilines is 1. The summed E-state index contributed by atoms with van der Waals surface area (Å²) in [5.41, 5.74) is 2.12. The number of carbonyl (C=O) groups excluding carboxylic acids is 2. The molecule has 0 bridgehead atoms. The van der Waals surface area contributed by atoms with Gasteiger partial charge in [0.15, 0.2) is 6.61 Å². The lowest BCUT2D eigenvalue weighted by atomic mass is 9.97. The van der Waals surface area contributed by atoms with Gasteiger partial charge in [-0.15, -0.1) is 0 Å². The fourth-order valence-electron chi connectivity index (χ4n) is 2.97. The van der Waals surface area contributed by atoms with Crippen LogP contribution >= 0.6 is 0 Å². The van der Waals surface area contributed by atoms with E-state index in [9.17, 15) is 9.59 Å². The van der Waals surface area contributed by atoms with Gasteiger partial charge in [0.1, 0.15) is 11.5 Å². The monoisotopic (exact) mass is 403 g/mol. The van der Waals surface area contributed by atoms with Crippen LogP contribution in [0.2, 0.25) is 0 Å². The molecule has 0 heterocycles. The number of para-hydroxylation sites is 2. The molecule has 3 aromatic rings. The summed E-state index contributed by atoms with van der Waals surface area (Å²) < 4.78 is 10.9. The first-order valence-corrected chi connectivity index (χ1v) is 9.95. The summed E-state index contributed by atoms with van der Waals surface area (Å²) in [5, 5.41) is 2.84. The molecule has 3 rings (SSSR count). The van der Waals surface area contributed by atoms with Crippen LogP contribution in [0, 0.1) is 0 Å². The quantitative estimate of drug-likeness (QED) is 0.484. The Hall–Kier alpha value is -3.60. The maximum Gasteiger partial charge on any atom is 0.338 e. The summed E-state index contributed by atoms with van der Waals surface area (Å²) in [7, 11) is 0. The van der Waals surface area contributed by atoms with Gasteiger partial charge in [-0.25, -0.2) is 4.79 Å². The molecule has 0 saturated heterocycles. The SMILES string of the molecule is CC[C@@H](C)c1ccccc1NC(=O)COC(=O)c1cccc(Oc2ccccc2)c1. The normalized spacial score (nSPS) is 11.4. The Morgan fingerprint density at radius 3 is 2.37 bits per heavy atom. The van der Waals surface area contributed by atoms with Gasteiger partial charge in [-0.3, -0.25) is 4.79 Å². The zero-order valence-electron chi connectivity index (χ0n) is 17.1. The lowest BCUT2D eigenvalue weighted by Crippen LogP contribution is -2.21. The number of ether oxygens (including phenoxy) is 2. The molecule has 1 atom stereocenters. The number of benzene rings is 3. The van der Waals surface area contributed by atoms with Crippen molar-refractivity contribution >= 4 is 17.6 Å². The van der Waals surface area contributed by atoms with E-state index in [-0.39, 0.29) is 12.5 Å². The van der Waals surface area contributed by atoms with Gasteiger partial charge in [0.05, 0.1) is 5.56 Å². The Balaban J connectivity index is 1.58. The number of esters is 1. The molecule has 0 unspecified atom stereocenters. The lowest BCUT2D eigenvalue weighted by molar-refractivity contribution is -0.119. The first-order valence-electron chi connectivity index (χ1n) is 9.95. The van der Waals surface area contributed by atoms with Gasteiger partial charge in [-0.05, 0) is 54.3 Å². The minimum atomic E-state index is -0.584. The third kappa shape index (κ3) is 5.70. The van der Waals surface area contributed by atoms with Gasteiger partial charge in [-0.1, -0.05) is 56.3 Å². The molecule has 0 aliphatic heterocycles. The molecule has 0 spiro atoms. The van der Waals surface area contributed by atoms with Crippen LogP contribution in [0.15, 0.2) is 78.9 Å². The van der Waals surface area contributed by atoms with E-state index in [0.29, 0.717) is 23.0 Å². The van der Waals surface area contributed by atoms with Crippen molar-refractivity contribution < 1.29 is 19.1 Å². The van der Waals surface area contributed by atoms with Crippen LogP contribution in [0.4, 0.5) is 5.69 Å². The Bertz CT molecular complexity index is 1000. The van der Waals surface area contributed by atoms with Crippen LogP contribution in [0.25, 0.3) is 0 Å². The first-order chi connectivity index (χ1) is 14.6. The number of carbonyl (C=O) groups is 2. The van der Waals surface area contributed by atoms with E-state index in [1.807, 2.05) is 54.6 Å². The minimum Gasteiger partial charge on any atom is -0.457 e. The van der Waals surface area contributed by atoms with Gasteiger partial charge in [0, 0.05) is 5.69 Å². The van der Waals surface area contributed by atoms with Crippen molar-refractivity contribution in [3.63, 3.8) is 0 Å². The predicted molar refractivity (Wildman–Crippen MR) is 117 cm³/mol. The number of rotatable bonds is 8. The molecule has 0 aromatic heterocycles. The van der Waals surface area contributed by atoms with E-state index in [4.69, 9.17) is 9.47 Å². The zero-order chi connectivity index (χ0) is 21.3. The smallest absolute Gasteiger partial charge is 0.338 e. The van der Waals surface area contributed by atoms with Crippen LogP contribution in [0.5, 0.6) is 11.5 Å². The summed E-state index contributed by atoms with van der Waals surface area (Å²) >= 11 is 0. The fraction of sp³-hybridized carbons (Fsp3) is 0.200. The molecular formula is C25H25NO4. The third-order valence-corrected chi connectivity index (χ3v) is 4.76. The van der Waals surface area contributed by atoms with Crippen molar-refractivity contribution in [2.45, 2.75) is 26.2 Å². The Morgan fingerprint density at radius 2 is 1.60 bits per heavy atom. The number of hydrogen-bond donors (Lipinski definition) is 1. The Kier molecular flexibility index (Phi) is 7.22. The van der Waals surface area contributed by atoms with E-state index in [1.54, 1.807) is 24.3 Å². The zero-order valence-corrected chi connectivity index (χ0v) is 17.1. The highest BCUT2D eigenvalue weighted by atomic mass is 16.5. The molecule has 0 radical (unpaired) electrons. The van der Waals surface area contributed by atoms with E-state index in [1.165, 1.54) is 0 Å². The Labute approximate surface area is 176 Å². The van der Waals surface area contributed by atoms with Gasteiger partial charge >= 0.3 is 5.97 Å². The number of amides is 1. The van der Waals surface area contributed by atoms with Gasteiger partial charge in [0.25, 0.3) is 5.91 Å². The van der Waals surface area contributed by atoms with Crippen molar-refractivity contribution in [3.05, 3.63) is 90.0 Å². The topological polar surface area (TPSA) is 64.6 Å². The first kappa shape index (κ1) is 21.1. The minimum absolute atomic E-state index is 0.316. The maximum absolute atomic E-state index is 12.4. The average Bonchev–Trinajstić information content (AvgIpc) is 2.78. The largest absolute Gasteiger partial charge is 0.457 e. The second-order valence-electron chi connectivity index (χ2n) is 6.96. The molecule has 5 nitrogen and oxygen atoms in total. The molecule has 30 heavy (non-hydrogen) atoms. The van der Waals surface area contributed by atoms with Crippen molar-refractivity contribution in [2.24, 2.45) is 0 Å². The molecule has 154 valence electrons. The third-order valence-electron chi connectivity index (χ3n) is 4.76. The Morgan fingerprint density at radius 1 is 0.900 bits per heavy atom. The highest BCUT2D eigenvalue weighted by Crippen LogP contribution is 2.26. The summed E-state index contributed by atoms with van der Waals surface area (Å²) in [5.74, 6) is 0.538. The number of nitrogens with one attached hydrogen (secondary N) is 1. The second kappa shape index (κ2) is 10.3. The molecule has 0 fully saturated rings. The molecule has 1 N–H and O–H groups in total. The second-order valence-corrected chi connectivity index (χ2v) is 6.96. The maximum atomic E-state index is 12.4. The lowest BCUT2D eigenvalue weighted by Gasteiger charge is -2.15. The highest BCUT2D eigenvalue weighted by molar-refractivity contribution is 5.96. The van der Waals surface area contributed by atoms with Crippen LogP contribution in [0.3, 0.4) is 0 Å². The molecule has 0 aliphatic rings. The van der Waals surface area contributed by atoms with Gasteiger partial charge in [-0.2, -0.15) is 0 Å². The van der Waals surface area contributed by atoms with Crippen LogP contribution in [0.1, 0.15) is 42.1 Å². The van der Waals surface area contributed by atoms with Crippen molar-refractivity contribution in [2.75, 3.05) is 11.9 Å². The highest BCUT2D eigenvalue weighted by Gasteiger charge is 2.14. The van der Waals surface area contributed by atoms with Crippen molar-refractivity contribution in [1.29, 1.82) is 0 Å².